The lowest BCUT2D eigenvalue weighted by Gasteiger charge is -2.20. The maximum absolute atomic E-state index is 12.4. The molecule has 1 aromatic heterocycles. The van der Waals surface area contributed by atoms with Gasteiger partial charge in [0.05, 0.1) is 4.88 Å². The zero-order valence-electron chi connectivity index (χ0n) is 10.6. The van der Waals surface area contributed by atoms with Gasteiger partial charge in [0.15, 0.2) is 0 Å². The van der Waals surface area contributed by atoms with Gasteiger partial charge in [-0.25, -0.2) is 0 Å². The van der Waals surface area contributed by atoms with Crippen LogP contribution in [0.4, 0.5) is 0 Å². The van der Waals surface area contributed by atoms with Gasteiger partial charge in [-0.2, -0.15) is 0 Å². The molecule has 2 fully saturated rings. The SMILES string of the molecule is O=C(c1cccs1)N1CC2CC2(c2ccccc2)C1. The van der Waals surface area contributed by atoms with Gasteiger partial charge in [0, 0.05) is 18.5 Å². The van der Waals surface area contributed by atoms with Gasteiger partial charge in [-0.3, -0.25) is 4.79 Å². The van der Waals surface area contributed by atoms with E-state index < -0.39 is 0 Å². The number of nitrogens with zero attached hydrogens (tertiary/aromatic N) is 1. The Kier molecular flexibility index (Phi) is 2.33. The van der Waals surface area contributed by atoms with Crippen LogP contribution < -0.4 is 0 Å². The van der Waals surface area contributed by atoms with E-state index in [0.29, 0.717) is 5.92 Å². The molecule has 0 spiro atoms. The fraction of sp³-hybridized carbons (Fsp3) is 0.312. The Morgan fingerprint density at radius 2 is 2.05 bits per heavy atom. The Labute approximate surface area is 116 Å². The van der Waals surface area contributed by atoms with Crippen LogP contribution in [-0.4, -0.2) is 23.9 Å². The lowest BCUT2D eigenvalue weighted by molar-refractivity contribution is 0.0777. The van der Waals surface area contributed by atoms with Crippen molar-refractivity contribution in [3.8, 4) is 0 Å². The second-order valence-corrected chi connectivity index (χ2v) is 6.53. The van der Waals surface area contributed by atoms with Crippen LogP contribution >= 0.6 is 11.3 Å². The van der Waals surface area contributed by atoms with Gasteiger partial charge in [-0.05, 0) is 29.3 Å². The van der Waals surface area contributed by atoms with E-state index >= 15 is 0 Å². The van der Waals surface area contributed by atoms with Crippen LogP contribution in [-0.2, 0) is 5.41 Å². The van der Waals surface area contributed by atoms with Crippen LogP contribution in [0.25, 0.3) is 0 Å². The molecule has 1 saturated carbocycles. The number of carbonyl (C=O) groups excluding carboxylic acids is 1. The van der Waals surface area contributed by atoms with Crippen LogP contribution in [0.2, 0.25) is 0 Å². The molecule has 1 saturated heterocycles. The first-order valence-corrected chi connectivity index (χ1v) is 7.56. The molecule has 0 N–H and O–H groups in total. The summed E-state index contributed by atoms with van der Waals surface area (Å²) < 4.78 is 0. The Hall–Kier alpha value is -1.61. The third kappa shape index (κ3) is 1.65. The second-order valence-electron chi connectivity index (χ2n) is 5.59. The van der Waals surface area contributed by atoms with E-state index in [1.54, 1.807) is 0 Å². The molecule has 0 radical (unpaired) electrons. The van der Waals surface area contributed by atoms with Crippen molar-refractivity contribution >= 4 is 17.2 Å². The normalized spacial score (nSPS) is 28.2. The zero-order chi connectivity index (χ0) is 12.9. The molecule has 4 rings (SSSR count). The van der Waals surface area contributed by atoms with E-state index in [9.17, 15) is 4.79 Å². The van der Waals surface area contributed by atoms with E-state index in [4.69, 9.17) is 0 Å². The summed E-state index contributed by atoms with van der Waals surface area (Å²) in [4.78, 5) is 15.3. The summed E-state index contributed by atoms with van der Waals surface area (Å²) in [5, 5.41) is 1.97. The van der Waals surface area contributed by atoms with Crippen LogP contribution in [0, 0.1) is 5.92 Å². The monoisotopic (exact) mass is 269 g/mol. The average molecular weight is 269 g/mol. The molecule has 3 heteroatoms. The Balaban J connectivity index is 1.58. The summed E-state index contributed by atoms with van der Waals surface area (Å²) in [6.07, 6.45) is 1.24. The third-order valence-corrected chi connectivity index (χ3v) is 5.37. The predicted octanol–water partition coefficient (Wildman–Crippen LogP) is 3.16. The predicted molar refractivity (Wildman–Crippen MR) is 76.4 cm³/mol. The highest BCUT2D eigenvalue weighted by Gasteiger charge is 2.61. The molecule has 2 atom stereocenters. The number of amides is 1. The van der Waals surface area contributed by atoms with E-state index in [0.717, 1.165) is 18.0 Å². The van der Waals surface area contributed by atoms with Crippen LogP contribution in [0.1, 0.15) is 21.7 Å². The number of rotatable bonds is 2. The van der Waals surface area contributed by atoms with E-state index in [-0.39, 0.29) is 11.3 Å². The van der Waals surface area contributed by atoms with Gasteiger partial charge in [0.25, 0.3) is 5.91 Å². The van der Waals surface area contributed by atoms with E-state index in [2.05, 4.69) is 30.3 Å². The maximum Gasteiger partial charge on any atom is 0.263 e. The largest absolute Gasteiger partial charge is 0.337 e. The van der Waals surface area contributed by atoms with Crippen molar-refractivity contribution in [2.75, 3.05) is 13.1 Å². The van der Waals surface area contributed by atoms with E-state index in [1.807, 2.05) is 22.4 Å². The summed E-state index contributed by atoms with van der Waals surface area (Å²) in [7, 11) is 0. The van der Waals surface area contributed by atoms with Gasteiger partial charge in [0.1, 0.15) is 0 Å². The number of carbonyl (C=O) groups is 1. The van der Waals surface area contributed by atoms with E-state index in [1.165, 1.54) is 23.3 Å². The minimum absolute atomic E-state index is 0.206. The van der Waals surface area contributed by atoms with Gasteiger partial charge < -0.3 is 4.90 Å². The summed E-state index contributed by atoms with van der Waals surface area (Å²) in [5.74, 6) is 0.872. The quantitative estimate of drug-likeness (QED) is 0.820. The van der Waals surface area contributed by atoms with Gasteiger partial charge >= 0.3 is 0 Å². The first-order chi connectivity index (χ1) is 9.29. The average Bonchev–Trinajstić information content (AvgIpc) is 2.89. The molecular weight excluding hydrogens is 254 g/mol. The summed E-state index contributed by atoms with van der Waals surface area (Å²) >= 11 is 1.54. The highest BCUT2D eigenvalue weighted by atomic mass is 32.1. The topological polar surface area (TPSA) is 20.3 Å². The standard InChI is InChI=1S/C16H15NOS/c18-15(14-7-4-8-19-14)17-10-13-9-16(13,11-17)12-5-2-1-3-6-12/h1-8,13H,9-11H2. The minimum Gasteiger partial charge on any atom is -0.337 e. The number of benzene rings is 1. The van der Waals surface area contributed by atoms with Crippen molar-refractivity contribution < 1.29 is 4.79 Å². The van der Waals surface area contributed by atoms with Crippen molar-refractivity contribution in [3.05, 3.63) is 58.3 Å². The molecular formula is C16H15NOS. The number of hydrogen-bond donors (Lipinski definition) is 0. The molecule has 1 aliphatic carbocycles. The molecule has 2 aromatic rings. The second kappa shape index (κ2) is 3.94. The Morgan fingerprint density at radius 3 is 2.79 bits per heavy atom. The first kappa shape index (κ1) is 11.2. The van der Waals surface area contributed by atoms with Crippen LogP contribution in [0.3, 0.4) is 0 Å². The number of thiophene rings is 1. The molecule has 19 heavy (non-hydrogen) atoms. The molecule has 1 aromatic carbocycles. The van der Waals surface area contributed by atoms with Crippen molar-refractivity contribution in [1.82, 2.24) is 4.90 Å². The van der Waals surface area contributed by atoms with Gasteiger partial charge in [-0.1, -0.05) is 36.4 Å². The van der Waals surface area contributed by atoms with Crippen molar-refractivity contribution in [2.45, 2.75) is 11.8 Å². The third-order valence-electron chi connectivity index (χ3n) is 4.51. The van der Waals surface area contributed by atoms with Gasteiger partial charge in [-0.15, -0.1) is 11.3 Å². The molecule has 0 bridgehead atoms. The smallest absolute Gasteiger partial charge is 0.263 e. The highest BCUT2D eigenvalue weighted by Crippen LogP contribution is 2.59. The molecule has 2 heterocycles. The fourth-order valence-electron chi connectivity index (χ4n) is 3.41. The summed E-state index contributed by atoms with van der Waals surface area (Å²) in [5.41, 5.74) is 1.66. The van der Waals surface area contributed by atoms with Gasteiger partial charge in [0.2, 0.25) is 0 Å². The molecule has 2 aliphatic rings. The lowest BCUT2D eigenvalue weighted by atomic mass is 9.95. The molecule has 96 valence electrons. The highest BCUT2D eigenvalue weighted by molar-refractivity contribution is 7.12. The molecule has 2 nitrogen and oxygen atoms in total. The summed E-state index contributed by atoms with van der Waals surface area (Å²) in [6, 6.07) is 14.5. The van der Waals surface area contributed by atoms with Crippen molar-refractivity contribution in [2.24, 2.45) is 5.92 Å². The first-order valence-electron chi connectivity index (χ1n) is 6.68. The van der Waals surface area contributed by atoms with Crippen LogP contribution in [0.5, 0.6) is 0 Å². The van der Waals surface area contributed by atoms with Crippen molar-refractivity contribution in [1.29, 1.82) is 0 Å². The fourth-order valence-corrected chi connectivity index (χ4v) is 4.10. The molecule has 2 unspecified atom stereocenters. The zero-order valence-corrected chi connectivity index (χ0v) is 11.4. The summed E-state index contributed by atoms with van der Waals surface area (Å²) in [6.45, 7) is 1.81. The maximum atomic E-state index is 12.4. The molecule has 1 amide bonds. The lowest BCUT2D eigenvalue weighted by Crippen LogP contribution is -2.32. The number of piperidine rings is 1. The minimum atomic E-state index is 0.206. The Bertz CT molecular complexity index is 607. The molecule has 1 aliphatic heterocycles. The number of hydrogen-bond acceptors (Lipinski definition) is 2. The Morgan fingerprint density at radius 1 is 1.21 bits per heavy atom. The number of fused-ring (bicyclic) bond motifs is 1. The number of likely N-dealkylation sites (tertiary alicyclic amines) is 1. The van der Waals surface area contributed by atoms with Crippen LogP contribution in [0.15, 0.2) is 47.8 Å². The van der Waals surface area contributed by atoms with Crippen molar-refractivity contribution in [3.63, 3.8) is 0 Å².